The molecule has 1 N–H and O–H groups in total. The Morgan fingerprint density at radius 1 is 1.19 bits per heavy atom. The lowest BCUT2D eigenvalue weighted by Gasteiger charge is -2.18. The maximum Gasteiger partial charge on any atom is 0.0328 e. The monoisotopic (exact) mass is 283 g/mol. The van der Waals surface area contributed by atoms with Crippen molar-refractivity contribution in [2.24, 2.45) is 5.92 Å². The maximum atomic E-state index is 3.62. The lowest BCUT2D eigenvalue weighted by Crippen LogP contribution is -2.16. The first-order valence-electron chi connectivity index (χ1n) is 6.06. The first kappa shape index (κ1) is 13.7. The fourth-order valence-corrected chi connectivity index (χ4v) is 2.50. The smallest absolute Gasteiger partial charge is 0.0328 e. The van der Waals surface area contributed by atoms with Crippen LogP contribution in [0.2, 0.25) is 0 Å². The molecule has 1 atom stereocenters. The average Bonchev–Trinajstić information content (AvgIpc) is 2.25. The van der Waals surface area contributed by atoms with Crippen LogP contribution in [0.4, 0.5) is 0 Å². The van der Waals surface area contributed by atoms with Crippen LogP contribution in [-0.4, -0.2) is 7.05 Å². The van der Waals surface area contributed by atoms with E-state index in [9.17, 15) is 0 Å². The van der Waals surface area contributed by atoms with Crippen molar-refractivity contribution in [3.8, 4) is 0 Å². The van der Waals surface area contributed by atoms with Crippen LogP contribution in [0.3, 0.4) is 0 Å². The third-order valence-corrected chi connectivity index (χ3v) is 3.63. The highest BCUT2D eigenvalue weighted by molar-refractivity contribution is 9.10. The predicted octanol–water partition coefficient (Wildman–Crippen LogP) is 4.54. The Balaban J connectivity index is 2.57. The Bertz CT molecular complexity index is 309. The number of hydrogen-bond acceptors (Lipinski definition) is 1. The fraction of sp³-hybridized carbons (Fsp3) is 0.571. The highest BCUT2D eigenvalue weighted by Crippen LogP contribution is 2.26. The molecular weight excluding hydrogens is 262 g/mol. The van der Waals surface area contributed by atoms with Crippen molar-refractivity contribution < 1.29 is 0 Å². The highest BCUT2D eigenvalue weighted by atomic mass is 79.9. The fourth-order valence-electron chi connectivity index (χ4n) is 1.94. The molecule has 16 heavy (non-hydrogen) atoms. The third kappa shape index (κ3) is 4.26. The van der Waals surface area contributed by atoms with E-state index >= 15 is 0 Å². The van der Waals surface area contributed by atoms with Crippen molar-refractivity contribution >= 4 is 15.9 Å². The van der Waals surface area contributed by atoms with Gasteiger partial charge < -0.3 is 5.32 Å². The SMILES string of the molecule is CNC(CCCC(C)C)c1ccccc1Br. The van der Waals surface area contributed by atoms with E-state index in [-0.39, 0.29) is 0 Å². The molecule has 0 aromatic heterocycles. The molecule has 90 valence electrons. The van der Waals surface area contributed by atoms with E-state index in [0.29, 0.717) is 6.04 Å². The van der Waals surface area contributed by atoms with Gasteiger partial charge in [0.1, 0.15) is 0 Å². The number of benzene rings is 1. The summed E-state index contributed by atoms with van der Waals surface area (Å²) in [4.78, 5) is 0. The van der Waals surface area contributed by atoms with Gasteiger partial charge in [-0.3, -0.25) is 0 Å². The summed E-state index contributed by atoms with van der Waals surface area (Å²) in [7, 11) is 2.04. The van der Waals surface area contributed by atoms with Crippen LogP contribution in [0.25, 0.3) is 0 Å². The van der Waals surface area contributed by atoms with Crippen molar-refractivity contribution in [3.05, 3.63) is 34.3 Å². The molecule has 2 heteroatoms. The Morgan fingerprint density at radius 3 is 2.44 bits per heavy atom. The van der Waals surface area contributed by atoms with Gasteiger partial charge in [0.25, 0.3) is 0 Å². The predicted molar refractivity (Wildman–Crippen MR) is 74.6 cm³/mol. The third-order valence-electron chi connectivity index (χ3n) is 2.90. The second-order valence-electron chi connectivity index (χ2n) is 4.69. The summed E-state index contributed by atoms with van der Waals surface area (Å²) in [5, 5.41) is 3.40. The molecule has 0 fully saturated rings. The second kappa shape index (κ2) is 7.08. The lowest BCUT2D eigenvalue weighted by molar-refractivity contribution is 0.469. The van der Waals surface area contributed by atoms with Crippen LogP contribution in [0.5, 0.6) is 0 Å². The van der Waals surface area contributed by atoms with Gasteiger partial charge in [-0.15, -0.1) is 0 Å². The minimum atomic E-state index is 0.467. The van der Waals surface area contributed by atoms with Crippen molar-refractivity contribution in [2.75, 3.05) is 7.05 Å². The average molecular weight is 284 g/mol. The number of rotatable bonds is 6. The van der Waals surface area contributed by atoms with Gasteiger partial charge in [-0.05, 0) is 31.0 Å². The molecule has 0 aliphatic heterocycles. The highest BCUT2D eigenvalue weighted by Gasteiger charge is 2.11. The van der Waals surface area contributed by atoms with Gasteiger partial charge in [0.15, 0.2) is 0 Å². The van der Waals surface area contributed by atoms with Gasteiger partial charge in [0.2, 0.25) is 0 Å². The Hall–Kier alpha value is -0.340. The minimum absolute atomic E-state index is 0.467. The van der Waals surface area contributed by atoms with E-state index in [1.807, 2.05) is 7.05 Å². The second-order valence-corrected chi connectivity index (χ2v) is 5.54. The topological polar surface area (TPSA) is 12.0 Å². The first-order valence-corrected chi connectivity index (χ1v) is 6.86. The van der Waals surface area contributed by atoms with E-state index in [0.717, 1.165) is 5.92 Å². The van der Waals surface area contributed by atoms with Crippen LogP contribution >= 0.6 is 15.9 Å². The van der Waals surface area contributed by atoms with Crippen molar-refractivity contribution in [2.45, 2.75) is 39.2 Å². The molecule has 1 rings (SSSR count). The Morgan fingerprint density at radius 2 is 1.88 bits per heavy atom. The van der Waals surface area contributed by atoms with E-state index in [1.54, 1.807) is 0 Å². The summed E-state index contributed by atoms with van der Waals surface area (Å²) in [6, 6.07) is 8.94. The lowest BCUT2D eigenvalue weighted by atomic mass is 9.98. The quantitative estimate of drug-likeness (QED) is 0.809. The normalized spacial score (nSPS) is 13.1. The largest absolute Gasteiger partial charge is 0.313 e. The van der Waals surface area contributed by atoms with Crippen LogP contribution in [-0.2, 0) is 0 Å². The molecule has 0 radical (unpaired) electrons. The van der Waals surface area contributed by atoms with E-state index in [4.69, 9.17) is 0 Å². The van der Waals surface area contributed by atoms with Gasteiger partial charge in [0, 0.05) is 10.5 Å². The zero-order valence-electron chi connectivity index (χ0n) is 10.5. The molecular formula is C14H22BrN. The van der Waals surface area contributed by atoms with E-state index in [1.165, 1.54) is 29.3 Å². The van der Waals surface area contributed by atoms with E-state index in [2.05, 4.69) is 59.4 Å². The molecule has 0 aliphatic rings. The van der Waals surface area contributed by atoms with Gasteiger partial charge in [-0.25, -0.2) is 0 Å². The van der Waals surface area contributed by atoms with Gasteiger partial charge in [0.05, 0.1) is 0 Å². The van der Waals surface area contributed by atoms with Gasteiger partial charge in [-0.1, -0.05) is 60.8 Å². The standard InChI is InChI=1S/C14H22BrN/c1-11(2)7-6-10-14(16-3)12-8-4-5-9-13(12)15/h4-5,8-9,11,14,16H,6-7,10H2,1-3H3. The number of nitrogens with one attached hydrogen (secondary N) is 1. The summed E-state index contributed by atoms with van der Waals surface area (Å²) < 4.78 is 1.21. The summed E-state index contributed by atoms with van der Waals surface area (Å²) in [5.41, 5.74) is 1.37. The van der Waals surface area contributed by atoms with Crippen molar-refractivity contribution in [1.82, 2.24) is 5.32 Å². The molecule has 0 bridgehead atoms. The van der Waals surface area contributed by atoms with Crippen LogP contribution in [0.1, 0.15) is 44.7 Å². The number of halogens is 1. The first-order chi connectivity index (χ1) is 7.65. The zero-order valence-corrected chi connectivity index (χ0v) is 12.0. The maximum absolute atomic E-state index is 3.62. The molecule has 1 aromatic carbocycles. The summed E-state index contributed by atoms with van der Waals surface area (Å²) in [6.07, 6.45) is 3.80. The molecule has 0 heterocycles. The molecule has 0 amide bonds. The molecule has 0 aliphatic carbocycles. The molecule has 1 aromatic rings. The Labute approximate surface area is 108 Å². The van der Waals surface area contributed by atoms with Crippen LogP contribution < -0.4 is 5.32 Å². The summed E-state index contributed by atoms with van der Waals surface area (Å²) in [6.45, 7) is 4.57. The zero-order chi connectivity index (χ0) is 12.0. The summed E-state index contributed by atoms with van der Waals surface area (Å²) >= 11 is 3.62. The molecule has 0 spiro atoms. The van der Waals surface area contributed by atoms with Gasteiger partial charge >= 0.3 is 0 Å². The Kier molecular flexibility index (Phi) is 6.07. The van der Waals surface area contributed by atoms with Crippen molar-refractivity contribution in [3.63, 3.8) is 0 Å². The molecule has 1 nitrogen and oxygen atoms in total. The molecule has 0 saturated carbocycles. The minimum Gasteiger partial charge on any atom is -0.313 e. The molecule has 1 unspecified atom stereocenters. The summed E-state index contributed by atoms with van der Waals surface area (Å²) in [5.74, 6) is 0.803. The van der Waals surface area contributed by atoms with Crippen LogP contribution in [0, 0.1) is 5.92 Å². The van der Waals surface area contributed by atoms with Gasteiger partial charge in [-0.2, -0.15) is 0 Å². The number of hydrogen-bond donors (Lipinski definition) is 1. The van der Waals surface area contributed by atoms with Crippen LogP contribution in [0.15, 0.2) is 28.7 Å². The van der Waals surface area contributed by atoms with Crippen molar-refractivity contribution in [1.29, 1.82) is 0 Å². The van der Waals surface area contributed by atoms with E-state index < -0.39 is 0 Å². The molecule has 0 saturated heterocycles.